The number of cyclic esters (lactones) is 1. The first kappa shape index (κ1) is 8.81. The lowest BCUT2D eigenvalue weighted by atomic mass is 10.00. The maximum atomic E-state index is 10.7. The van der Waals surface area contributed by atoms with Crippen molar-refractivity contribution in [1.29, 1.82) is 0 Å². The Labute approximate surface area is 78.2 Å². The molecule has 0 saturated carbocycles. The zero-order valence-corrected chi connectivity index (χ0v) is 7.95. The van der Waals surface area contributed by atoms with Crippen molar-refractivity contribution in [3.63, 3.8) is 0 Å². The highest BCUT2D eigenvalue weighted by Gasteiger charge is 2.28. The zero-order valence-electron chi connectivity index (χ0n) is 7.95. The fraction of sp³-hybridized carbons (Fsp3) is 0.889. The van der Waals surface area contributed by atoms with Crippen LogP contribution in [0.15, 0.2) is 0 Å². The molecular formula is C9H16N2O2. The fourth-order valence-corrected chi connectivity index (χ4v) is 2.17. The van der Waals surface area contributed by atoms with Gasteiger partial charge in [-0.25, -0.2) is 4.79 Å². The highest BCUT2D eigenvalue weighted by atomic mass is 16.6. The minimum Gasteiger partial charge on any atom is -0.447 e. The van der Waals surface area contributed by atoms with Crippen LogP contribution in [0.1, 0.15) is 12.8 Å². The number of amides is 1. The summed E-state index contributed by atoms with van der Waals surface area (Å²) in [6, 6.07) is 0.254. The van der Waals surface area contributed by atoms with Crippen molar-refractivity contribution in [1.82, 2.24) is 10.2 Å². The monoisotopic (exact) mass is 184 g/mol. The van der Waals surface area contributed by atoms with Crippen LogP contribution in [-0.4, -0.2) is 43.8 Å². The molecular weight excluding hydrogens is 168 g/mol. The van der Waals surface area contributed by atoms with Crippen LogP contribution in [0, 0.1) is 5.92 Å². The van der Waals surface area contributed by atoms with Crippen LogP contribution in [0.4, 0.5) is 4.79 Å². The Hall–Kier alpha value is -0.770. The molecule has 0 spiro atoms. The van der Waals surface area contributed by atoms with Crippen LogP contribution in [0.25, 0.3) is 0 Å². The van der Waals surface area contributed by atoms with Gasteiger partial charge in [-0.1, -0.05) is 0 Å². The molecule has 2 aliphatic heterocycles. The van der Waals surface area contributed by atoms with Crippen LogP contribution in [-0.2, 0) is 4.74 Å². The van der Waals surface area contributed by atoms with Crippen molar-refractivity contribution >= 4 is 6.09 Å². The summed E-state index contributed by atoms with van der Waals surface area (Å²) in [4.78, 5) is 13.1. The normalized spacial score (nSPS) is 34.7. The maximum absolute atomic E-state index is 10.7. The van der Waals surface area contributed by atoms with E-state index in [2.05, 4.69) is 17.3 Å². The molecule has 13 heavy (non-hydrogen) atoms. The SMILES string of the molecule is CN1CCC(CC2COC(=O)N2)C1. The third-order valence-corrected chi connectivity index (χ3v) is 2.84. The molecule has 74 valence electrons. The maximum Gasteiger partial charge on any atom is 0.407 e. The predicted molar refractivity (Wildman–Crippen MR) is 48.5 cm³/mol. The van der Waals surface area contributed by atoms with Gasteiger partial charge in [0.1, 0.15) is 6.61 Å². The van der Waals surface area contributed by atoms with E-state index in [1.165, 1.54) is 13.0 Å². The quantitative estimate of drug-likeness (QED) is 0.677. The molecule has 2 aliphatic rings. The Morgan fingerprint density at radius 1 is 1.69 bits per heavy atom. The lowest BCUT2D eigenvalue weighted by Crippen LogP contribution is -2.29. The Kier molecular flexibility index (Phi) is 2.40. The van der Waals surface area contributed by atoms with Gasteiger partial charge in [0.25, 0.3) is 0 Å². The Morgan fingerprint density at radius 2 is 2.54 bits per heavy atom. The predicted octanol–water partition coefficient (Wildman–Crippen LogP) is 0.437. The molecule has 0 aromatic heterocycles. The molecule has 1 N–H and O–H groups in total. The number of rotatable bonds is 2. The standard InChI is InChI=1S/C9H16N2O2/c1-11-3-2-7(5-11)4-8-6-13-9(12)10-8/h7-8H,2-6H2,1H3,(H,10,12). The van der Waals surface area contributed by atoms with Gasteiger partial charge in [-0.15, -0.1) is 0 Å². The molecule has 0 aromatic rings. The summed E-state index contributed by atoms with van der Waals surface area (Å²) in [7, 11) is 2.14. The van der Waals surface area contributed by atoms with E-state index in [-0.39, 0.29) is 12.1 Å². The van der Waals surface area contributed by atoms with Crippen molar-refractivity contribution in [2.45, 2.75) is 18.9 Å². The van der Waals surface area contributed by atoms with E-state index in [1.54, 1.807) is 0 Å². The molecule has 0 aromatic carbocycles. The minimum atomic E-state index is -0.253. The number of carbonyl (C=O) groups excluding carboxylic acids is 1. The summed E-state index contributed by atoms with van der Waals surface area (Å²) >= 11 is 0. The average Bonchev–Trinajstić information content (AvgIpc) is 2.62. The lowest BCUT2D eigenvalue weighted by Gasteiger charge is -2.13. The van der Waals surface area contributed by atoms with Gasteiger partial charge < -0.3 is 15.0 Å². The number of hydrogen-bond donors (Lipinski definition) is 1. The van der Waals surface area contributed by atoms with E-state index < -0.39 is 0 Å². The minimum absolute atomic E-state index is 0.253. The van der Waals surface area contributed by atoms with Gasteiger partial charge in [-0.05, 0) is 32.4 Å². The Morgan fingerprint density at radius 3 is 3.08 bits per heavy atom. The lowest BCUT2D eigenvalue weighted by molar-refractivity contribution is 0.176. The summed E-state index contributed by atoms with van der Waals surface area (Å²) in [6.45, 7) is 2.90. The fourth-order valence-electron chi connectivity index (χ4n) is 2.17. The van der Waals surface area contributed by atoms with E-state index in [1.807, 2.05) is 0 Å². The van der Waals surface area contributed by atoms with Crippen molar-refractivity contribution in [2.75, 3.05) is 26.7 Å². The number of likely N-dealkylation sites (tertiary alicyclic amines) is 1. The first-order valence-corrected chi connectivity index (χ1v) is 4.86. The Bertz CT molecular complexity index is 208. The van der Waals surface area contributed by atoms with E-state index in [9.17, 15) is 4.79 Å². The molecule has 1 amide bonds. The van der Waals surface area contributed by atoms with Crippen molar-refractivity contribution in [3.8, 4) is 0 Å². The smallest absolute Gasteiger partial charge is 0.407 e. The second-order valence-electron chi connectivity index (χ2n) is 4.09. The molecule has 0 bridgehead atoms. The number of ether oxygens (including phenoxy) is 1. The summed E-state index contributed by atoms with van der Waals surface area (Å²) in [5, 5.41) is 2.82. The summed E-state index contributed by atoms with van der Waals surface area (Å²) in [6.07, 6.45) is 2.07. The Balaban J connectivity index is 1.75. The number of nitrogens with zero attached hydrogens (tertiary/aromatic N) is 1. The summed E-state index contributed by atoms with van der Waals surface area (Å²) in [5.74, 6) is 0.733. The second kappa shape index (κ2) is 3.54. The number of hydrogen-bond acceptors (Lipinski definition) is 3. The van der Waals surface area contributed by atoms with Gasteiger partial charge in [0.2, 0.25) is 0 Å². The molecule has 0 radical (unpaired) electrons. The molecule has 4 nitrogen and oxygen atoms in total. The largest absolute Gasteiger partial charge is 0.447 e. The summed E-state index contributed by atoms with van der Waals surface area (Å²) < 4.78 is 4.84. The van der Waals surface area contributed by atoms with Crippen LogP contribution in [0.3, 0.4) is 0 Å². The molecule has 2 saturated heterocycles. The second-order valence-corrected chi connectivity index (χ2v) is 4.09. The number of nitrogens with one attached hydrogen (secondary N) is 1. The van der Waals surface area contributed by atoms with E-state index in [0.717, 1.165) is 18.9 Å². The third-order valence-electron chi connectivity index (χ3n) is 2.84. The van der Waals surface area contributed by atoms with E-state index in [4.69, 9.17) is 4.74 Å². The molecule has 2 unspecified atom stereocenters. The van der Waals surface area contributed by atoms with Gasteiger partial charge >= 0.3 is 6.09 Å². The molecule has 2 atom stereocenters. The first-order valence-electron chi connectivity index (χ1n) is 4.86. The van der Waals surface area contributed by atoms with Gasteiger partial charge in [-0.2, -0.15) is 0 Å². The van der Waals surface area contributed by atoms with Gasteiger partial charge in [0.05, 0.1) is 6.04 Å². The highest BCUT2D eigenvalue weighted by molar-refractivity contribution is 5.69. The van der Waals surface area contributed by atoms with Crippen LogP contribution in [0.2, 0.25) is 0 Å². The van der Waals surface area contributed by atoms with Gasteiger partial charge in [0.15, 0.2) is 0 Å². The van der Waals surface area contributed by atoms with Gasteiger partial charge in [0, 0.05) is 6.54 Å². The van der Waals surface area contributed by atoms with Crippen LogP contribution < -0.4 is 5.32 Å². The zero-order chi connectivity index (χ0) is 9.26. The molecule has 2 rings (SSSR count). The first-order chi connectivity index (χ1) is 6.24. The third kappa shape index (κ3) is 2.12. The van der Waals surface area contributed by atoms with Crippen molar-refractivity contribution < 1.29 is 9.53 Å². The van der Waals surface area contributed by atoms with Crippen LogP contribution in [0.5, 0.6) is 0 Å². The van der Waals surface area contributed by atoms with Crippen molar-refractivity contribution in [3.05, 3.63) is 0 Å². The highest BCUT2D eigenvalue weighted by Crippen LogP contribution is 2.20. The number of alkyl carbamates (subject to hydrolysis) is 1. The number of carbonyl (C=O) groups is 1. The summed E-state index contributed by atoms with van der Waals surface area (Å²) in [5.41, 5.74) is 0. The molecule has 4 heteroatoms. The molecule has 2 heterocycles. The van der Waals surface area contributed by atoms with E-state index in [0.29, 0.717) is 6.61 Å². The molecule has 2 fully saturated rings. The van der Waals surface area contributed by atoms with Crippen LogP contribution >= 0.6 is 0 Å². The van der Waals surface area contributed by atoms with Gasteiger partial charge in [-0.3, -0.25) is 0 Å². The topological polar surface area (TPSA) is 41.6 Å². The van der Waals surface area contributed by atoms with E-state index >= 15 is 0 Å². The average molecular weight is 184 g/mol. The van der Waals surface area contributed by atoms with Crippen molar-refractivity contribution in [2.24, 2.45) is 5.92 Å². The molecule has 0 aliphatic carbocycles.